The predicted molar refractivity (Wildman–Crippen MR) is 107 cm³/mol. The van der Waals surface area contributed by atoms with Crippen molar-refractivity contribution in [2.45, 2.75) is 37.8 Å². The first-order valence-electron chi connectivity index (χ1n) is 9.59. The molecule has 1 aliphatic rings. The number of amides is 1. The Labute approximate surface area is 170 Å². The second kappa shape index (κ2) is 11.8. The van der Waals surface area contributed by atoms with Crippen LogP contribution in [-0.2, 0) is 20.7 Å². The fourth-order valence-corrected chi connectivity index (χ4v) is 3.21. The number of carbonyl (C=O) groups is 2. The summed E-state index contributed by atoms with van der Waals surface area (Å²) in [7, 11) is 0. The molecule has 1 aliphatic heterocycles. The standard InChI is InChI=1S/C22H26N2O5/c23-15-18-7-2-1-6-17(18)14-20(25)11-10-19-8-5-9-21(26)24(19)12-3-4-13-29-16-22(27)28/h1-4,6-7,10-11,19-20,25H,5,8-9,12-14,16H2,(H,27,28)/t19-,20?/m1/s1. The summed E-state index contributed by atoms with van der Waals surface area (Å²) in [6.07, 6.45) is 8.70. The molecule has 29 heavy (non-hydrogen) atoms. The van der Waals surface area contributed by atoms with Gasteiger partial charge in [0, 0.05) is 19.4 Å². The van der Waals surface area contributed by atoms with Crippen LogP contribution in [0.1, 0.15) is 30.4 Å². The number of aliphatic hydroxyl groups excluding tert-OH is 1. The van der Waals surface area contributed by atoms with Crippen LogP contribution in [0.3, 0.4) is 0 Å². The quantitative estimate of drug-likeness (QED) is 0.461. The smallest absolute Gasteiger partial charge is 0.329 e. The van der Waals surface area contributed by atoms with Gasteiger partial charge < -0.3 is 19.8 Å². The number of piperidine rings is 1. The van der Waals surface area contributed by atoms with E-state index in [2.05, 4.69) is 6.07 Å². The van der Waals surface area contributed by atoms with Gasteiger partial charge in [0.15, 0.2) is 0 Å². The molecule has 1 aromatic rings. The highest BCUT2D eigenvalue weighted by atomic mass is 16.5. The maximum Gasteiger partial charge on any atom is 0.329 e. The van der Waals surface area contributed by atoms with Crippen molar-refractivity contribution in [3.05, 3.63) is 59.7 Å². The van der Waals surface area contributed by atoms with Gasteiger partial charge in [0.1, 0.15) is 6.61 Å². The molecule has 2 rings (SSSR count). The van der Waals surface area contributed by atoms with Crippen molar-refractivity contribution in [3.8, 4) is 6.07 Å². The van der Waals surface area contributed by atoms with Gasteiger partial charge in [-0.15, -0.1) is 0 Å². The van der Waals surface area contributed by atoms with Crippen LogP contribution in [0.4, 0.5) is 0 Å². The highest BCUT2D eigenvalue weighted by Gasteiger charge is 2.25. The zero-order valence-corrected chi connectivity index (χ0v) is 16.2. The molecule has 7 heteroatoms. The highest BCUT2D eigenvalue weighted by molar-refractivity contribution is 5.77. The molecule has 7 nitrogen and oxygen atoms in total. The van der Waals surface area contributed by atoms with Crippen molar-refractivity contribution in [2.24, 2.45) is 0 Å². The molecule has 2 atom stereocenters. The number of nitrogens with zero attached hydrogens (tertiary/aromatic N) is 2. The molecule has 1 fully saturated rings. The van der Waals surface area contributed by atoms with Gasteiger partial charge in [0.2, 0.25) is 5.91 Å². The molecule has 1 unspecified atom stereocenters. The van der Waals surface area contributed by atoms with E-state index in [4.69, 9.17) is 15.1 Å². The van der Waals surface area contributed by atoms with Gasteiger partial charge in [0.05, 0.1) is 30.4 Å². The number of carboxylic acid groups (broad SMARTS) is 1. The first-order valence-corrected chi connectivity index (χ1v) is 9.59. The first-order chi connectivity index (χ1) is 14.0. The van der Waals surface area contributed by atoms with Crippen molar-refractivity contribution in [1.29, 1.82) is 5.26 Å². The topological polar surface area (TPSA) is 111 Å². The molecule has 154 valence electrons. The second-order valence-electron chi connectivity index (χ2n) is 6.81. The average molecular weight is 398 g/mol. The Morgan fingerprint density at radius 3 is 2.93 bits per heavy atom. The lowest BCUT2D eigenvalue weighted by Crippen LogP contribution is -2.42. The summed E-state index contributed by atoms with van der Waals surface area (Å²) in [6, 6.07) is 9.18. The van der Waals surface area contributed by atoms with Crippen LogP contribution in [0.2, 0.25) is 0 Å². The molecular formula is C22H26N2O5. The molecule has 1 saturated heterocycles. The van der Waals surface area contributed by atoms with E-state index in [9.17, 15) is 14.7 Å². The van der Waals surface area contributed by atoms with Gasteiger partial charge in [-0.05, 0) is 24.5 Å². The van der Waals surface area contributed by atoms with Gasteiger partial charge in [-0.2, -0.15) is 5.26 Å². The summed E-state index contributed by atoms with van der Waals surface area (Å²) in [4.78, 5) is 24.4. The van der Waals surface area contributed by atoms with Crippen LogP contribution in [0.25, 0.3) is 0 Å². The van der Waals surface area contributed by atoms with Crippen LogP contribution in [-0.4, -0.2) is 58.9 Å². The third-order valence-electron chi connectivity index (χ3n) is 4.64. The molecule has 0 bridgehead atoms. The Balaban J connectivity index is 1.91. The third kappa shape index (κ3) is 7.53. The monoisotopic (exact) mass is 398 g/mol. The molecule has 0 spiro atoms. The van der Waals surface area contributed by atoms with Gasteiger partial charge in [-0.1, -0.05) is 42.5 Å². The predicted octanol–water partition coefficient (Wildman–Crippen LogP) is 2.06. The molecule has 1 aromatic carbocycles. The van der Waals surface area contributed by atoms with Crippen LogP contribution in [0, 0.1) is 11.3 Å². The van der Waals surface area contributed by atoms with Crippen molar-refractivity contribution in [3.63, 3.8) is 0 Å². The summed E-state index contributed by atoms with van der Waals surface area (Å²) in [5.74, 6) is -0.975. The number of nitriles is 1. The zero-order valence-electron chi connectivity index (χ0n) is 16.2. The second-order valence-corrected chi connectivity index (χ2v) is 6.81. The lowest BCUT2D eigenvalue weighted by molar-refractivity contribution is -0.141. The van der Waals surface area contributed by atoms with Gasteiger partial charge in [-0.25, -0.2) is 4.79 Å². The number of benzene rings is 1. The van der Waals surface area contributed by atoms with Crippen molar-refractivity contribution < 1.29 is 24.5 Å². The van der Waals surface area contributed by atoms with Crippen molar-refractivity contribution in [2.75, 3.05) is 19.8 Å². The van der Waals surface area contributed by atoms with Crippen LogP contribution in [0.15, 0.2) is 48.6 Å². The fraction of sp³-hybridized carbons (Fsp3) is 0.409. The highest BCUT2D eigenvalue weighted by Crippen LogP contribution is 2.20. The normalized spacial score (nSPS) is 18.3. The molecule has 1 amide bonds. The Morgan fingerprint density at radius 2 is 2.17 bits per heavy atom. The van der Waals surface area contributed by atoms with Crippen LogP contribution < -0.4 is 0 Å². The number of hydrogen-bond donors (Lipinski definition) is 2. The van der Waals surface area contributed by atoms with Gasteiger partial charge >= 0.3 is 5.97 Å². The molecule has 0 aliphatic carbocycles. The fourth-order valence-electron chi connectivity index (χ4n) is 3.21. The van der Waals surface area contributed by atoms with E-state index in [0.29, 0.717) is 24.9 Å². The van der Waals surface area contributed by atoms with E-state index >= 15 is 0 Å². The Kier molecular flexibility index (Phi) is 9.09. The van der Waals surface area contributed by atoms with Gasteiger partial charge in [-0.3, -0.25) is 4.79 Å². The van der Waals surface area contributed by atoms with E-state index in [1.807, 2.05) is 18.2 Å². The van der Waals surface area contributed by atoms with E-state index in [-0.39, 0.29) is 25.2 Å². The van der Waals surface area contributed by atoms with Gasteiger partial charge in [0.25, 0.3) is 0 Å². The molecule has 0 saturated carbocycles. The van der Waals surface area contributed by atoms with Crippen LogP contribution >= 0.6 is 0 Å². The lowest BCUT2D eigenvalue weighted by atomic mass is 9.98. The van der Waals surface area contributed by atoms with E-state index in [1.54, 1.807) is 35.3 Å². The molecule has 2 N–H and O–H groups in total. The third-order valence-corrected chi connectivity index (χ3v) is 4.64. The summed E-state index contributed by atoms with van der Waals surface area (Å²) in [6.45, 7) is 0.217. The minimum Gasteiger partial charge on any atom is -0.480 e. The summed E-state index contributed by atoms with van der Waals surface area (Å²) < 4.78 is 4.93. The number of carboxylic acids is 1. The summed E-state index contributed by atoms with van der Waals surface area (Å²) in [5.41, 5.74) is 1.33. The van der Waals surface area contributed by atoms with Crippen molar-refractivity contribution >= 4 is 11.9 Å². The van der Waals surface area contributed by atoms with E-state index in [0.717, 1.165) is 18.4 Å². The Bertz CT molecular complexity index is 797. The largest absolute Gasteiger partial charge is 0.480 e. The summed E-state index contributed by atoms with van der Waals surface area (Å²) in [5, 5.41) is 28.0. The SMILES string of the molecule is N#Cc1ccccc1CC(O)C=C[C@H]1CCCC(=O)N1CC=CCOCC(=O)O. The number of rotatable bonds is 10. The van der Waals surface area contributed by atoms with Crippen LogP contribution in [0.5, 0.6) is 0 Å². The zero-order chi connectivity index (χ0) is 21.1. The first kappa shape index (κ1) is 22.3. The maximum atomic E-state index is 12.3. The minimum absolute atomic E-state index is 0.0475. The molecular weight excluding hydrogens is 372 g/mol. The lowest BCUT2D eigenvalue weighted by Gasteiger charge is -2.33. The number of ether oxygens (including phenoxy) is 1. The minimum atomic E-state index is -1.02. The Hall–Kier alpha value is -2.95. The maximum absolute atomic E-state index is 12.3. The summed E-state index contributed by atoms with van der Waals surface area (Å²) >= 11 is 0. The van der Waals surface area contributed by atoms with Crippen molar-refractivity contribution in [1.82, 2.24) is 4.90 Å². The van der Waals surface area contributed by atoms with E-state index < -0.39 is 12.1 Å². The number of likely N-dealkylation sites (tertiary alicyclic amines) is 1. The number of aliphatic carboxylic acids is 1. The van der Waals surface area contributed by atoms with E-state index in [1.165, 1.54) is 0 Å². The molecule has 0 aromatic heterocycles. The number of aliphatic hydroxyl groups is 1. The Morgan fingerprint density at radius 1 is 1.38 bits per heavy atom. The molecule has 1 heterocycles. The molecule has 0 radical (unpaired) electrons. The number of carbonyl (C=O) groups excluding carboxylic acids is 1. The number of hydrogen-bond acceptors (Lipinski definition) is 5. The average Bonchev–Trinajstić information content (AvgIpc) is 2.70.